The molecule has 0 saturated carbocycles. The van der Waals surface area contributed by atoms with Crippen LogP contribution in [0.25, 0.3) is 0 Å². The Balaban J connectivity index is 3.12. The molecule has 2 N–H and O–H groups in total. The lowest BCUT2D eigenvalue weighted by Gasteiger charge is -2.03. The van der Waals surface area contributed by atoms with Gasteiger partial charge in [0.15, 0.2) is 0 Å². The predicted octanol–water partition coefficient (Wildman–Crippen LogP) is 1.88. The van der Waals surface area contributed by atoms with Gasteiger partial charge in [0, 0.05) is 11.9 Å². The van der Waals surface area contributed by atoms with Crippen molar-refractivity contribution in [2.75, 3.05) is 13.3 Å². The van der Waals surface area contributed by atoms with E-state index in [-0.39, 0.29) is 11.7 Å². The van der Waals surface area contributed by atoms with Crippen LogP contribution in [0.4, 0.5) is 4.39 Å². The first-order chi connectivity index (χ1) is 6.19. The minimum Gasteiger partial charge on any atom is -0.383 e. The number of aliphatic imine (C=N–C) groups is 1. The van der Waals surface area contributed by atoms with Crippen LogP contribution in [-0.2, 0) is 0 Å². The summed E-state index contributed by atoms with van der Waals surface area (Å²) in [6.07, 6.45) is 1.89. The summed E-state index contributed by atoms with van der Waals surface area (Å²) < 4.78 is 13.3. The van der Waals surface area contributed by atoms with E-state index in [4.69, 9.17) is 5.73 Å². The highest BCUT2D eigenvalue weighted by atomic mass is 32.2. The molecule has 0 bridgehead atoms. The molecular formula is C9H11FN2S. The summed E-state index contributed by atoms with van der Waals surface area (Å²) in [6.45, 7) is 0. The van der Waals surface area contributed by atoms with Crippen molar-refractivity contribution in [3.8, 4) is 0 Å². The Labute approximate surface area is 81.1 Å². The Hall–Kier alpha value is -1.03. The average Bonchev–Trinajstić information content (AvgIpc) is 2.16. The molecule has 0 fully saturated rings. The molecule has 1 aromatic rings. The van der Waals surface area contributed by atoms with Gasteiger partial charge < -0.3 is 5.73 Å². The molecule has 0 spiro atoms. The van der Waals surface area contributed by atoms with Gasteiger partial charge in [0.1, 0.15) is 11.7 Å². The Morgan fingerprint density at radius 3 is 2.69 bits per heavy atom. The highest BCUT2D eigenvalue weighted by Crippen LogP contribution is 2.18. The summed E-state index contributed by atoms with van der Waals surface area (Å²) in [6, 6.07) is 4.92. The Morgan fingerprint density at radius 1 is 1.54 bits per heavy atom. The fourth-order valence-electron chi connectivity index (χ4n) is 0.951. The molecule has 13 heavy (non-hydrogen) atoms. The van der Waals surface area contributed by atoms with Crippen LogP contribution in [0.2, 0.25) is 0 Å². The molecule has 2 nitrogen and oxygen atoms in total. The summed E-state index contributed by atoms with van der Waals surface area (Å²) in [7, 11) is 1.54. The van der Waals surface area contributed by atoms with Crippen LogP contribution in [0, 0.1) is 5.82 Å². The minimum absolute atomic E-state index is 0.227. The molecular weight excluding hydrogens is 187 g/mol. The second-order valence-electron chi connectivity index (χ2n) is 2.45. The molecule has 0 heterocycles. The first-order valence-electron chi connectivity index (χ1n) is 3.75. The third kappa shape index (κ3) is 2.21. The molecule has 4 heteroatoms. The van der Waals surface area contributed by atoms with Gasteiger partial charge in [0.2, 0.25) is 0 Å². The number of nitrogens with zero attached hydrogens (tertiary/aromatic N) is 1. The average molecular weight is 198 g/mol. The normalized spacial score (nSPS) is 11.8. The summed E-state index contributed by atoms with van der Waals surface area (Å²) in [4.78, 5) is 4.60. The number of rotatable bonds is 2. The fraction of sp³-hybridized carbons (Fsp3) is 0.222. The second-order valence-corrected chi connectivity index (χ2v) is 3.33. The molecule has 0 aliphatic carbocycles. The zero-order valence-electron chi connectivity index (χ0n) is 7.54. The van der Waals surface area contributed by atoms with Crippen molar-refractivity contribution in [3.63, 3.8) is 0 Å². The Morgan fingerprint density at radius 2 is 2.23 bits per heavy atom. The van der Waals surface area contributed by atoms with Gasteiger partial charge in [-0.1, -0.05) is 0 Å². The van der Waals surface area contributed by atoms with Crippen LogP contribution < -0.4 is 5.73 Å². The van der Waals surface area contributed by atoms with Gasteiger partial charge in [0.25, 0.3) is 0 Å². The van der Waals surface area contributed by atoms with E-state index in [1.807, 2.05) is 12.3 Å². The summed E-state index contributed by atoms with van der Waals surface area (Å²) in [5.41, 5.74) is 5.85. The molecule has 0 aromatic heterocycles. The van der Waals surface area contributed by atoms with Crippen molar-refractivity contribution in [1.82, 2.24) is 0 Å². The minimum atomic E-state index is -0.324. The van der Waals surface area contributed by atoms with E-state index in [1.165, 1.54) is 24.9 Å². The highest BCUT2D eigenvalue weighted by molar-refractivity contribution is 7.98. The monoisotopic (exact) mass is 198 g/mol. The smallest absolute Gasteiger partial charge is 0.135 e. The van der Waals surface area contributed by atoms with E-state index in [1.54, 1.807) is 6.07 Å². The lowest BCUT2D eigenvalue weighted by Crippen LogP contribution is -2.14. The highest BCUT2D eigenvalue weighted by Gasteiger charge is 2.05. The maximum atomic E-state index is 13.3. The van der Waals surface area contributed by atoms with Crippen LogP contribution in [0.5, 0.6) is 0 Å². The van der Waals surface area contributed by atoms with E-state index in [0.717, 1.165) is 4.90 Å². The van der Waals surface area contributed by atoms with Crippen LogP contribution in [0.15, 0.2) is 28.1 Å². The zero-order valence-corrected chi connectivity index (χ0v) is 8.36. The number of halogens is 1. The first-order valence-corrected chi connectivity index (χ1v) is 4.97. The number of nitrogens with two attached hydrogens (primary N) is 1. The Bertz CT molecular complexity index is 336. The van der Waals surface area contributed by atoms with Crippen molar-refractivity contribution >= 4 is 17.6 Å². The quantitative estimate of drug-likeness (QED) is 0.447. The van der Waals surface area contributed by atoms with Crippen molar-refractivity contribution in [2.24, 2.45) is 10.7 Å². The van der Waals surface area contributed by atoms with Gasteiger partial charge in [-0.2, -0.15) is 0 Å². The molecule has 1 aromatic carbocycles. The van der Waals surface area contributed by atoms with Gasteiger partial charge in [-0.25, -0.2) is 4.39 Å². The molecule has 0 radical (unpaired) electrons. The zero-order chi connectivity index (χ0) is 9.84. The van der Waals surface area contributed by atoms with Crippen molar-refractivity contribution < 1.29 is 4.39 Å². The second kappa shape index (κ2) is 4.28. The van der Waals surface area contributed by atoms with E-state index in [9.17, 15) is 4.39 Å². The lowest BCUT2D eigenvalue weighted by atomic mass is 10.2. The molecule has 0 aliphatic heterocycles. The Kier molecular flexibility index (Phi) is 3.31. The van der Waals surface area contributed by atoms with Gasteiger partial charge in [-0.3, -0.25) is 4.99 Å². The third-order valence-corrected chi connectivity index (χ3v) is 2.42. The number of hydrogen-bond donors (Lipinski definition) is 1. The largest absolute Gasteiger partial charge is 0.383 e. The van der Waals surface area contributed by atoms with Crippen LogP contribution in [0.3, 0.4) is 0 Å². The summed E-state index contributed by atoms with van der Waals surface area (Å²) in [5.74, 6) is -0.0971. The molecule has 70 valence electrons. The molecule has 0 atom stereocenters. The van der Waals surface area contributed by atoms with Gasteiger partial charge in [-0.05, 0) is 24.5 Å². The fourth-order valence-corrected chi connectivity index (χ4v) is 1.38. The molecule has 1 rings (SSSR count). The third-order valence-electron chi connectivity index (χ3n) is 1.69. The number of thioether (sulfide) groups is 1. The van der Waals surface area contributed by atoms with Crippen LogP contribution in [-0.4, -0.2) is 19.1 Å². The molecule has 0 aliphatic rings. The molecule has 0 amide bonds. The van der Waals surface area contributed by atoms with Gasteiger partial charge >= 0.3 is 0 Å². The number of hydrogen-bond acceptors (Lipinski definition) is 2. The van der Waals surface area contributed by atoms with E-state index < -0.39 is 0 Å². The maximum absolute atomic E-state index is 13.3. The van der Waals surface area contributed by atoms with E-state index in [0.29, 0.717) is 5.56 Å². The van der Waals surface area contributed by atoms with E-state index >= 15 is 0 Å². The SMILES string of the molecule is CN=C(N)c1ccc(SC)cc1F. The number of benzene rings is 1. The van der Waals surface area contributed by atoms with E-state index in [2.05, 4.69) is 4.99 Å². The van der Waals surface area contributed by atoms with Gasteiger partial charge in [0.05, 0.1) is 5.56 Å². The molecule has 0 unspecified atom stereocenters. The number of amidine groups is 1. The van der Waals surface area contributed by atoms with Gasteiger partial charge in [-0.15, -0.1) is 11.8 Å². The van der Waals surface area contributed by atoms with Crippen LogP contribution in [0.1, 0.15) is 5.56 Å². The summed E-state index contributed by atoms with van der Waals surface area (Å²) >= 11 is 1.49. The molecule has 0 saturated heterocycles. The lowest BCUT2D eigenvalue weighted by molar-refractivity contribution is 0.621. The van der Waals surface area contributed by atoms with Crippen molar-refractivity contribution in [3.05, 3.63) is 29.6 Å². The maximum Gasteiger partial charge on any atom is 0.135 e. The topological polar surface area (TPSA) is 38.4 Å². The van der Waals surface area contributed by atoms with Crippen molar-refractivity contribution in [2.45, 2.75) is 4.90 Å². The summed E-state index contributed by atoms with van der Waals surface area (Å²) in [5, 5.41) is 0. The predicted molar refractivity (Wildman–Crippen MR) is 54.8 cm³/mol. The van der Waals surface area contributed by atoms with Crippen molar-refractivity contribution in [1.29, 1.82) is 0 Å². The first kappa shape index (κ1) is 10.1. The standard InChI is InChI=1S/C9H11FN2S/c1-12-9(11)7-4-3-6(13-2)5-8(7)10/h3-5H,1-2H3,(H2,11,12). The van der Waals surface area contributed by atoms with Crippen LogP contribution >= 0.6 is 11.8 Å².